The molecule has 0 radical (unpaired) electrons. The minimum absolute atomic E-state index is 0.0696. The topological polar surface area (TPSA) is 83.6 Å². The number of carbonyl (C=O) groups is 2. The van der Waals surface area contributed by atoms with E-state index < -0.39 is 5.97 Å². The van der Waals surface area contributed by atoms with Gasteiger partial charge < -0.3 is 9.63 Å². The summed E-state index contributed by atoms with van der Waals surface area (Å²) in [7, 11) is 0. The van der Waals surface area contributed by atoms with E-state index in [0.717, 1.165) is 22.0 Å². The van der Waals surface area contributed by atoms with Crippen LogP contribution in [0.5, 0.6) is 0 Å². The molecule has 1 N–H and O–H groups in total. The Morgan fingerprint density at radius 3 is 2.79 bits per heavy atom. The Labute approximate surface area is 169 Å². The van der Waals surface area contributed by atoms with E-state index in [1.807, 2.05) is 48.5 Å². The molecule has 1 saturated heterocycles. The summed E-state index contributed by atoms with van der Waals surface area (Å²) >= 11 is 6.39. The standard InChI is InChI=1S/C20H14N2O4S2/c23-17(24)8-9-22-19(25)16(28-20(22)27)11-12-6-7-15-14(10-12)18(26-21-15)13-4-2-1-3-5-13/h1-7,10-11H,8-9H2,(H,23,24). The molecule has 0 saturated carbocycles. The lowest BCUT2D eigenvalue weighted by Gasteiger charge is -2.12. The quantitative estimate of drug-likeness (QED) is 0.499. The third-order valence-corrected chi connectivity index (χ3v) is 5.63. The van der Waals surface area contributed by atoms with Crippen molar-refractivity contribution in [2.24, 2.45) is 0 Å². The zero-order valence-corrected chi connectivity index (χ0v) is 16.1. The van der Waals surface area contributed by atoms with E-state index in [4.69, 9.17) is 21.8 Å². The molecule has 1 fully saturated rings. The average molecular weight is 410 g/mol. The van der Waals surface area contributed by atoms with Gasteiger partial charge in [0.15, 0.2) is 5.76 Å². The molecule has 3 aromatic rings. The first-order valence-electron chi connectivity index (χ1n) is 8.45. The highest BCUT2D eigenvalue weighted by atomic mass is 32.2. The number of aliphatic carboxylic acids is 1. The fourth-order valence-electron chi connectivity index (χ4n) is 2.90. The van der Waals surface area contributed by atoms with Crippen molar-refractivity contribution < 1.29 is 19.2 Å². The first-order chi connectivity index (χ1) is 13.5. The highest BCUT2D eigenvalue weighted by Gasteiger charge is 2.32. The SMILES string of the molecule is O=C(O)CCN1C(=O)C(=Cc2ccc3noc(-c4ccccc4)c3c2)SC1=S. The lowest BCUT2D eigenvalue weighted by molar-refractivity contribution is -0.137. The van der Waals surface area contributed by atoms with Crippen molar-refractivity contribution >= 4 is 57.2 Å². The van der Waals surface area contributed by atoms with Crippen molar-refractivity contribution in [2.45, 2.75) is 6.42 Å². The monoisotopic (exact) mass is 410 g/mol. The lowest BCUT2D eigenvalue weighted by Crippen LogP contribution is -2.30. The van der Waals surface area contributed by atoms with Crippen LogP contribution >= 0.6 is 24.0 Å². The second kappa shape index (κ2) is 7.57. The first-order valence-corrected chi connectivity index (χ1v) is 9.67. The predicted octanol–water partition coefficient (Wildman–Crippen LogP) is 4.17. The molecule has 1 amide bonds. The van der Waals surface area contributed by atoms with E-state index in [1.165, 1.54) is 16.7 Å². The molecule has 1 aliphatic heterocycles. The largest absolute Gasteiger partial charge is 0.481 e. The third kappa shape index (κ3) is 3.56. The molecule has 0 aliphatic carbocycles. The maximum atomic E-state index is 12.6. The summed E-state index contributed by atoms with van der Waals surface area (Å²) < 4.78 is 5.88. The maximum Gasteiger partial charge on any atom is 0.305 e. The van der Waals surface area contributed by atoms with Crippen LogP contribution in [0.3, 0.4) is 0 Å². The molecule has 2 aromatic carbocycles. The molecule has 0 bridgehead atoms. The number of carboxylic acids is 1. The van der Waals surface area contributed by atoms with E-state index in [0.29, 0.717) is 15.0 Å². The second-order valence-corrected chi connectivity index (χ2v) is 7.81. The minimum atomic E-state index is -0.968. The van der Waals surface area contributed by atoms with Crippen LogP contribution in [0.4, 0.5) is 0 Å². The Morgan fingerprint density at radius 1 is 1.25 bits per heavy atom. The van der Waals surface area contributed by atoms with E-state index >= 15 is 0 Å². The van der Waals surface area contributed by atoms with Crippen LogP contribution in [0.2, 0.25) is 0 Å². The molecule has 0 atom stereocenters. The van der Waals surface area contributed by atoms with E-state index in [-0.39, 0.29) is 18.9 Å². The smallest absolute Gasteiger partial charge is 0.305 e. The number of fused-ring (bicyclic) bond motifs is 1. The van der Waals surface area contributed by atoms with Crippen molar-refractivity contribution in [3.8, 4) is 11.3 Å². The Morgan fingerprint density at radius 2 is 2.04 bits per heavy atom. The average Bonchev–Trinajstić information content (AvgIpc) is 3.22. The van der Waals surface area contributed by atoms with Gasteiger partial charge in [-0.25, -0.2) is 0 Å². The van der Waals surface area contributed by atoms with Crippen LogP contribution in [0.15, 0.2) is 58.0 Å². The summed E-state index contributed by atoms with van der Waals surface area (Å²) in [5.41, 5.74) is 2.46. The van der Waals surface area contributed by atoms with Crippen LogP contribution in [0.25, 0.3) is 28.3 Å². The second-order valence-electron chi connectivity index (χ2n) is 6.13. The molecule has 4 rings (SSSR count). The Bertz CT molecular complexity index is 1120. The number of rotatable bonds is 5. The molecule has 2 heterocycles. The van der Waals surface area contributed by atoms with Crippen molar-refractivity contribution in [1.29, 1.82) is 0 Å². The Balaban J connectivity index is 1.66. The molecule has 6 nitrogen and oxygen atoms in total. The zero-order valence-electron chi connectivity index (χ0n) is 14.5. The third-order valence-electron chi connectivity index (χ3n) is 4.26. The molecule has 0 unspecified atom stereocenters. The van der Waals surface area contributed by atoms with Gasteiger partial charge >= 0.3 is 5.97 Å². The number of nitrogens with zero attached hydrogens (tertiary/aromatic N) is 2. The number of aromatic nitrogens is 1. The van der Waals surface area contributed by atoms with Crippen LogP contribution in [-0.4, -0.2) is 37.9 Å². The highest BCUT2D eigenvalue weighted by molar-refractivity contribution is 8.26. The number of carbonyl (C=O) groups excluding carboxylic acids is 1. The van der Waals surface area contributed by atoms with Crippen LogP contribution in [0, 0.1) is 0 Å². The van der Waals surface area contributed by atoms with E-state index in [1.54, 1.807) is 6.08 Å². The fraction of sp³-hybridized carbons (Fsp3) is 0.100. The molecule has 8 heteroatoms. The van der Waals surface area contributed by atoms with Gasteiger partial charge in [-0.2, -0.15) is 0 Å². The van der Waals surface area contributed by atoms with Gasteiger partial charge in [0.25, 0.3) is 5.91 Å². The predicted molar refractivity (Wildman–Crippen MR) is 112 cm³/mol. The Hall–Kier alpha value is -2.97. The molecule has 28 heavy (non-hydrogen) atoms. The number of benzene rings is 2. The number of amides is 1. The van der Waals surface area contributed by atoms with Crippen molar-refractivity contribution in [3.63, 3.8) is 0 Å². The van der Waals surface area contributed by atoms with Gasteiger partial charge in [0.05, 0.1) is 16.7 Å². The van der Waals surface area contributed by atoms with Gasteiger partial charge in [-0.3, -0.25) is 14.5 Å². The van der Waals surface area contributed by atoms with Gasteiger partial charge in [-0.1, -0.05) is 65.5 Å². The summed E-state index contributed by atoms with van der Waals surface area (Å²) in [5, 5.41) is 13.8. The van der Waals surface area contributed by atoms with Crippen molar-refractivity contribution in [3.05, 3.63) is 59.0 Å². The summed E-state index contributed by atoms with van der Waals surface area (Å²) in [6.07, 6.45) is 1.61. The zero-order chi connectivity index (χ0) is 19.7. The summed E-state index contributed by atoms with van der Waals surface area (Å²) in [6.45, 7) is 0.0696. The summed E-state index contributed by atoms with van der Waals surface area (Å²) in [4.78, 5) is 25.1. The van der Waals surface area contributed by atoms with Gasteiger partial charge in [-0.05, 0) is 23.8 Å². The van der Waals surface area contributed by atoms with Gasteiger partial charge in [0, 0.05) is 12.1 Å². The minimum Gasteiger partial charge on any atom is -0.481 e. The van der Waals surface area contributed by atoms with E-state index in [2.05, 4.69) is 5.16 Å². The summed E-state index contributed by atoms with van der Waals surface area (Å²) in [5.74, 6) is -0.575. The molecule has 1 aromatic heterocycles. The van der Waals surface area contributed by atoms with Crippen LogP contribution in [-0.2, 0) is 9.59 Å². The molecule has 1 aliphatic rings. The highest BCUT2D eigenvalue weighted by Crippen LogP contribution is 2.34. The molecule has 0 spiro atoms. The number of thioether (sulfide) groups is 1. The maximum absolute atomic E-state index is 12.6. The molecular weight excluding hydrogens is 396 g/mol. The number of carboxylic acid groups (broad SMARTS) is 1. The number of hydrogen-bond acceptors (Lipinski definition) is 6. The molecule has 140 valence electrons. The van der Waals surface area contributed by atoms with Crippen molar-refractivity contribution in [1.82, 2.24) is 10.1 Å². The fourth-order valence-corrected chi connectivity index (χ4v) is 4.21. The lowest BCUT2D eigenvalue weighted by atomic mass is 10.1. The summed E-state index contributed by atoms with van der Waals surface area (Å²) in [6, 6.07) is 15.3. The van der Waals surface area contributed by atoms with Crippen molar-refractivity contribution in [2.75, 3.05) is 6.54 Å². The van der Waals surface area contributed by atoms with Gasteiger partial charge in [-0.15, -0.1) is 0 Å². The van der Waals surface area contributed by atoms with Gasteiger partial charge in [0.1, 0.15) is 9.84 Å². The van der Waals surface area contributed by atoms with Crippen LogP contribution in [0.1, 0.15) is 12.0 Å². The van der Waals surface area contributed by atoms with E-state index in [9.17, 15) is 9.59 Å². The van der Waals surface area contributed by atoms with Gasteiger partial charge in [0.2, 0.25) is 0 Å². The number of hydrogen-bond donors (Lipinski definition) is 1. The Kier molecular flexibility index (Phi) is 4.97. The normalized spacial score (nSPS) is 15.7. The van der Waals surface area contributed by atoms with Crippen LogP contribution < -0.4 is 0 Å². The number of thiocarbonyl (C=S) groups is 1. The first kappa shape index (κ1) is 18.4. The molecular formula is C20H14N2O4S2.